The minimum absolute atomic E-state index is 0.0910. The lowest BCUT2D eigenvalue weighted by Gasteiger charge is -2.22. The zero-order valence-electron chi connectivity index (χ0n) is 10.9. The van der Waals surface area contributed by atoms with E-state index in [1.54, 1.807) is 0 Å². The Bertz CT molecular complexity index is 568. The Balaban J connectivity index is 1.82. The summed E-state index contributed by atoms with van der Waals surface area (Å²) < 4.78 is 0. The van der Waals surface area contributed by atoms with E-state index in [0.29, 0.717) is 17.5 Å². The van der Waals surface area contributed by atoms with Gasteiger partial charge in [-0.3, -0.25) is 14.9 Å². The molecule has 6 heteroatoms. The number of non-ortho nitro benzene ring substituents is 1. The Hall–Kier alpha value is -1.62. The molecule has 0 unspecified atom stereocenters. The van der Waals surface area contributed by atoms with Crippen LogP contribution in [-0.4, -0.2) is 28.3 Å². The Kier molecular flexibility index (Phi) is 3.38. The standard InChI is InChI=1S/C14H15ClN2O3/c15-13-7-11(17(19)20)5-6-12(13)14(18)16(10-3-4-10)8-9-1-2-9/h5-7,9-10H,1-4,8H2. The van der Waals surface area contributed by atoms with E-state index >= 15 is 0 Å². The number of hydrogen-bond acceptors (Lipinski definition) is 3. The molecule has 0 saturated heterocycles. The van der Waals surface area contributed by atoms with Crippen LogP contribution in [0.15, 0.2) is 18.2 Å². The van der Waals surface area contributed by atoms with E-state index in [1.165, 1.54) is 31.0 Å². The predicted molar refractivity (Wildman–Crippen MR) is 74.9 cm³/mol. The third kappa shape index (κ3) is 2.77. The monoisotopic (exact) mass is 294 g/mol. The molecule has 2 fully saturated rings. The van der Waals surface area contributed by atoms with Crippen LogP contribution in [0, 0.1) is 16.0 Å². The molecule has 0 atom stereocenters. The van der Waals surface area contributed by atoms with Gasteiger partial charge in [0.2, 0.25) is 0 Å². The van der Waals surface area contributed by atoms with E-state index in [2.05, 4.69) is 0 Å². The maximum Gasteiger partial charge on any atom is 0.270 e. The van der Waals surface area contributed by atoms with Gasteiger partial charge in [-0.05, 0) is 37.7 Å². The summed E-state index contributed by atoms with van der Waals surface area (Å²) in [6, 6.07) is 4.37. The van der Waals surface area contributed by atoms with Crippen LogP contribution in [0.2, 0.25) is 5.02 Å². The van der Waals surface area contributed by atoms with Crippen LogP contribution in [0.1, 0.15) is 36.0 Å². The van der Waals surface area contributed by atoms with E-state index in [-0.39, 0.29) is 16.6 Å². The second kappa shape index (κ2) is 5.05. The largest absolute Gasteiger partial charge is 0.335 e. The van der Waals surface area contributed by atoms with Crippen molar-refractivity contribution in [2.45, 2.75) is 31.7 Å². The maximum absolute atomic E-state index is 12.6. The molecule has 20 heavy (non-hydrogen) atoms. The number of hydrogen-bond donors (Lipinski definition) is 0. The van der Waals surface area contributed by atoms with Crippen molar-refractivity contribution in [2.75, 3.05) is 6.54 Å². The van der Waals surface area contributed by atoms with Gasteiger partial charge in [-0.2, -0.15) is 0 Å². The number of halogens is 1. The fourth-order valence-electron chi connectivity index (χ4n) is 2.31. The number of nitrogens with zero attached hydrogens (tertiary/aromatic N) is 2. The van der Waals surface area contributed by atoms with Crippen LogP contribution >= 0.6 is 11.6 Å². The molecule has 1 aromatic carbocycles. The second-order valence-electron chi connectivity index (χ2n) is 5.55. The van der Waals surface area contributed by atoms with Gasteiger partial charge < -0.3 is 4.90 Å². The van der Waals surface area contributed by atoms with Crippen molar-refractivity contribution in [3.8, 4) is 0 Å². The van der Waals surface area contributed by atoms with Gasteiger partial charge in [-0.25, -0.2) is 0 Å². The highest BCUT2D eigenvalue weighted by Crippen LogP contribution is 2.36. The number of rotatable bonds is 5. The van der Waals surface area contributed by atoms with Crippen LogP contribution in [0.25, 0.3) is 0 Å². The molecule has 0 aromatic heterocycles. The highest BCUT2D eigenvalue weighted by atomic mass is 35.5. The quantitative estimate of drug-likeness (QED) is 0.618. The molecule has 2 saturated carbocycles. The van der Waals surface area contributed by atoms with Crippen molar-refractivity contribution in [3.63, 3.8) is 0 Å². The van der Waals surface area contributed by atoms with Crippen LogP contribution in [0.3, 0.4) is 0 Å². The molecule has 0 heterocycles. The maximum atomic E-state index is 12.6. The fourth-order valence-corrected chi connectivity index (χ4v) is 2.56. The summed E-state index contributed by atoms with van der Waals surface area (Å²) in [5.41, 5.74) is 0.275. The number of carbonyl (C=O) groups is 1. The first-order chi connectivity index (χ1) is 9.56. The Morgan fingerprint density at radius 2 is 2.05 bits per heavy atom. The number of benzene rings is 1. The number of carbonyl (C=O) groups excluding carboxylic acids is 1. The Labute approximate surface area is 121 Å². The van der Waals surface area contributed by atoms with Gasteiger partial charge in [0.15, 0.2) is 0 Å². The van der Waals surface area contributed by atoms with Crippen LogP contribution in [0.5, 0.6) is 0 Å². The van der Waals surface area contributed by atoms with Gasteiger partial charge in [0.1, 0.15) is 0 Å². The first-order valence-corrected chi connectivity index (χ1v) is 7.19. The third-order valence-corrected chi connectivity index (χ3v) is 4.11. The van der Waals surface area contributed by atoms with Gasteiger partial charge in [0.25, 0.3) is 11.6 Å². The molecule has 2 aliphatic carbocycles. The van der Waals surface area contributed by atoms with E-state index in [9.17, 15) is 14.9 Å². The second-order valence-corrected chi connectivity index (χ2v) is 5.96. The molecule has 0 bridgehead atoms. The summed E-state index contributed by atoms with van der Waals surface area (Å²) >= 11 is 6.04. The predicted octanol–water partition coefficient (Wildman–Crippen LogP) is 3.26. The SMILES string of the molecule is O=C(c1ccc([N+](=O)[O-])cc1Cl)N(CC1CC1)C1CC1. The lowest BCUT2D eigenvalue weighted by atomic mass is 10.1. The minimum atomic E-state index is -0.511. The normalized spacial score (nSPS) is 17.9. The van der Waals surface area contributed by atoms with E-state index in [1.807, 2.05) is 4.90 Å². The molecule has 0 aliphatic heterocycles. The summed E-state index contributed by atoms with van der Waals surface area (Å²) in [6.45, 7) is 0.789. The van der Waals surface area contributed by atoms with Gasteiger partial charge in [0.05, 0.1) is 15.5 Å². The summed E-state index contributed by atoms with van der Waals surface area (Å²) in [5, 5.41) is 10.8. The lowest BCUT2D eigenvalue weighted by molar-refractivity contribution is -0.384. The van der Waals surface area contributed by atoms with Crippen LogP contribution < -0.4 is 0 Å². The van der Waals surface area contributed by atoms with Gasteiger partial charge >= 0.3 is 0 Å². The molecule has 3 rings (SSSR count). The van der Waals surface area contributed by atoms with Crippen molar-refractivity contribution in [1.82, 2.24) is 4.90 Å². The first-order valence-electron chi connectivity index (χ1n) is 6.81. The molecule has 0 N–H and O–H groups in total. The smallest absolute Gasteiger partial charge is 0.270 e. The summed E-state index contributed by atoms with van der Waals surface area (Å²) in [6.07, 6.45) is 4.46. The summed E-state index contributed by atoms with van der Waals surface area (Å²) in [7, 11) is 0. The lowest BCUT2D eigenvalue weighted by Crippen LogP contribution is -2.35. The minimum Gasteiger partial charge on any atom is -0.335 e. The number of amides is 1. The Morgan fingerprint density at radius 3 is 2.55 bits per heavy atom. The highest BCUT2D eigenvalue weighted by molar-refractivity contribution is 6.34. The molecule has 0 spiro atoms. The highest BCUT2D eigenvalue weighted by Gasteiger charge is 2.37. The van der Waals surface area contributed by atoms with Gasteiger partial charge in [-0.15, -0.1) is 0 Å². The number of nitro benzene ring substituents is 1. The third-order valence-electron chi connectivity index (χ3n) is 3.79. The topological polar surface area (TPSA) is 63.4 Å². The molecule has 5 nitrogen and oxygen atoms in total. The van der Waals surface area contributed by atoms with Gasteiger partial charge in [-0.1, -0.05) is 11.6 Å². The van der Waals surface area contributed by atoms with Crippen molar-refractivity contribution in [1.29, 1.82) is 0 Å². The van der Waals surface area contributed by atoms with Crippen LogP contribution in [0.4, 0.5) is 5.69 Å². The van der Waals surface area contributed by atoms with E-state index < -0.39 is 4.92 Å². The molecule has 106 valence electrons. The average Bonchev–Trinajstić information content (AvgIpc) is 3.26. The molecule has 1 aromatic rings. The molecule has 2 aliphatic rings. The summed E-state index contributed by atoms with van der Waals surface area (Å²) in [4.78, 5) is 24.6. The average molecular weight is 295 g/mol. The van der Waals surface area contributed by atoms with E-state index in [4.69, 9.17) is 11.6 Å². The zero-order valence-corrected chi connectivity index (χ0v) is 11.7. The van der Waals surface area contributed by atoms with E-state index in [0.717, 1.165) is 19.4 Å². The first kappa shape index (κ1) is 13.4. The molecule has 0 radical (unpaired) electrons. The molecular weight excluding hydrogens is 280 g/mol. The zero-order chi connectivity index (χ0) is 14.3. The van der Waals surface area contributed by atoms with Crippen LogP contribution in [-0.2, 0) is 0 Å². The molecular formula is C14H15ClN2O3. The van der Waals surface area contributed by atoms with Crippen molar-refractivity contribution in [2.24, 2.45) is 5.92 Å². The Morgan fingerprint density at radius 1 is 1.35 bits per heavy atom. The van der Waals surface area contributed by atoms with Gasteiger partial charge in [0, 0.05) is 24.7 Å². The van der Waals surface area contributed by atoms with Crippen molar-refractivity contribution in [3.05, 3.63) is 38.9 Å². The fraction of sp³-hybridized carbons (Fsp3) is 0.500. The van der Waals surface area contributed by atoms with Crippen molar-refractivity contribution >= 4 is 23.2 Å². The summed E-state index contributed by atoms with van der Waals surface area (Å²) in [5.74, 6) is 0.524. The number of nitro groups is 1. The van der Waals surface area contributed by atoms with Crippen molar-refractivity contribution < 1.29 is 9.72 Å². The molecule has 1 amide bonds.